The maximum Gasteiger partial charge on any atom is 0.258 e. The lowest BCUT2D eigenvalue weighted by Crippen LogP contribution is -2.75. The van der Waals surface area contributed by atoms with Crippen molar-refractivity contribution in [2.45, 2.75) is 45.1 Å². The maximum atomic E-state index is 13.4. The fourth-order valence-corrected chi connectivity index (χ4v) is 4.78. The van der Waals surface area contributed by atoms with Crippen LogP contribution in [-0.4, -0.2) is 33.8 Å². The molecule has 8 heteroatoms. The smallest absolute Gasteiger partial charge is 0.258 e. The molecule has 0 aliphatic heterocycles. The van der Waals surface area contributed by atoms with Gasteiger partial charge in [0.2, 0.25) is 0 Å². The second-order valence-corrected chi connectivity index (χ2v) is 8.65. The van der Waals surface area contributed by atoms with E-state index in [0.717, 1.165) is 25.3 Å². The lowest BCUT2D eigenvalue weighted by Gasteiger charge is -2.70. The predicted octanol–water partition coefficient (Wildman–Crippen LogP) is 3.58. The number of aryl methyl sites for hydroxylation is 2. The Kier molecular flexibility index (Phi) is 4.81. The van der Waals surface area contributed by atoms with Gasteiger partial charge in [-0.05, 0) is 50.7 Å². The van der Waals surface area contributed by atoms with Crippen molar-refractivity contribution in [1.29, 1.82) is 0 Å². The molecule has 0 atom stereocenters. The average molecular weight is 418 g/mol. The van der Waals surface area contributed by atoms with Crippen LogP contribution >= 0.6 is 11.6 Å². The van der Waals surface area contributed by atoms with E-state index >= 15 is 0 Å². The zero-order chi connectivity index (χ0) is 20.8. The van der Waals surface area contributed by atoms with Crippen molar-refractivity contribution in [3.8, 4) is 5.75 Å². The molecule has 0 unspecified atom stereocenters. The number of carbonyl (C=O) groups excluding carboxylic acids is 2. The van der Waals surface area contributed by atoms with Crippen molar-refractivity contribution in [1.82, 2.24) is 15.3 Å². The van der Waals surface area contributed by atoms with Crippen molar-refractivity contribution in [2.24, 2.45) is 5.41 Å². The van der Waals surface area contributed by atoms with Crippen LogP contribution in [-0.2, 0) is 4.79 Å². The normalized spacial score (nSPS) is 24.3. The zero-order valence-corrected chi connectivity index (χ0v) is 17.0. The number of nitrogens with one attached hydrogen (secondary N) is 1. The molecule has 1 amide bonds. The number of ether oxygens (including phenoxy) is 1. The molecule has 1 aromatic carbocycles. The number of amides is 1. The van der Waals surface area contributed by atoms with Crippen molar-refractivity contribution in [3.05, 3.63) is 52.3 Å². The number of halogens is 2. The van der Waals surface area contributed by atoms with Gasteiger partial charge in [-0.25, -0.2) is 14.4 Å². The molecule has 152 valence electrons. The summed E-state index contributed by atoms with van der Waals surface area (Å²) in [5.74, 6) is 0.0926. The number of ketones is 1. The summed E-state index contributed by atoms with van der Waals surface area (Å²) in [7, 11) is 0. The third-order valence-corrected chi connectivity index (χ3v) is 6.05. The van der Waals surface area contributed by atoms with Crippen molar-refractivity contribution in [3.63, 3.8) is 0 Å². The Morgan fingerprint density at radius 3 is 2.66 bits per heavy atom. The first-order valence-corrected chi connectivity index (χ1v) is 9.79. The monoisotopic (exact) mass is 417 g/mol. The molecule has 2 aromatic rings. The first-order chi connectivity index (χ1) is 13.7. The van der Waals surface area contributed by atoms with Crippen LogP contribution in [0.2, 0.25) is 5.02 Å². The van der Waals surface area contributed by atoms with Gasteiger partial charge in [0.25, 0.3) is 5.91 Å². The van der Waals surface area contributed by atoms with Crippen LogP contribution in [0.3, 0.4) is 0 Å². The molecule has 2 bridgehead atoms. The SMILES string of the molecule is Cc1ncc(C(=O)CC23CC(NC(=O)COc4ccc(Cl)c(F)c4)(C2)C3)c(C)n1. The quantitative estimate of drug-likeness (QED) is 0.696. The van der Waals surface area contributed by atoms with E-state index in [1.165, 1.54) is 12.1 Å². The minimum Gasteiger partial charge on any atom is -0.484 e. The number of carbonyl (C=O) groups is 2. The van der Waals surface area contributed by atoms with Crippen molar-refractivity contribution in [2.75, 3.05) is 6.61 Å². The van der Waals surface area contributed by atoms with Crippen LogP contribution in [0.25, 0.3) is 0 Å². The predicted molar refractivity (Wildman–Crippen MR) is 105 cm³/mol. The molecule has 1 heterocycles. The minimum absolute atomic E-state index is 0.00269. The van der Waals surface area contributed by atoms with E-state index in [1.807, 2.05) is 6.92 Å². The summed E-state index contributed by atoms with van der Waals surface area (Å²) in [5, 5.41) is 2.99. The molecule has 1 aromatic heterocycles. The van der Waals surface area contributed by atoms with Gasteiger partial charge in [-0.1, -0.05) is 11.6 Å². The van der Waals surface area contributed by atoms with Crippen LogP contribution in [0.5, 0.6) is 5.75 Å². The molecule has 29 heavy (non-hydrogen) atoms. The standard InChI is InChI=1S/C21H21ClFN3O3/c1-12-15(7-24-13(2)25-12)18(27)6-20-9-21(10-20,11-20)26-19(28)8-29-14-3-4-16(22)17(23)5-14/h3-5,7H,6,8-11H2,1-2H3,(H,26,28). The van der Waals surface area contributed by atoms with E-state index in [-0.39, 0.29) is 40.0 Å². The summed E-state index contributed by atoms with van der Waals surface area (Å²) in [6.45, 7) is 3.41. The first kappa shape index (κ1) is 19.8. The Labute approximate surface area is 172 Å². The average Bonchev–Trinajstić information content (AvgIpc) is 2.59. The Balaban J connectivity index is 1.26. The van der Waals surface area contributed by atoms with E-state index in [1.54, 1.807) is 13.1 Å². The molecule has 3 aliphatic carbocycles. The Morgan fingerprint density at radius 2 is 2.00 bits per heavy atom. The van der Waals surface area contributed by atoms with Crippen LogP contribution < -0.4 is 10.1 Å². The van der Waals surface area contributed by atoms with Crippen LogP contribution in [0, 0.1) is 25.1 Å². The van der Waals surface area contributed by atoms with E-state index < -0.39 is 5.82 Å². The summed E-state index contributed by atoms with van der Waals surface area (Å²) in [5.41, 5.74) is 0.988. The molecule has 3 saturated carbocycles. The van der Waals surface area contributed by atoms with Crippen LogP contribution in [0.15, 0.2) is 24.4 Å². The fraction of sp³-hybridized carbons (Fsp3) is 0.429. The number of hydrogen-bond acceptors (Lipinski definition) is 5. The van der Waals surface area contributed by atoms with Crippen LogP contribution in [0.1, 0.15) is 47.6 Å². The molecular formula is C21H21ClFN3O3. The highest BCUT2D eigenvalue weighted by Crippen LogP contribution is 2.69. The van der Waals surface area contributed by atoms with Gasteiger partial charge in [0.05, 0.1) is 16.3 Å². The molecule has 5 rings (SSSR count). The second-order valence-electron chi connectivity index (χ2n) is 8.24. The highest BCUT2D eigenvalue weighted by atomic mass is 35.5. The molecule has 0 saturated heterocycles. The molecular weight excluding hydrogens is 397 g/mol. The molecule has 3 fully saturated rings. The van der Waals surface area contributed by atoms with Crippen molar-refractivity contribution < 1.29 is 18.7 Å². The summed E-state index contributed by atoms with van der Waals surface area (Å²) in [6, 6.07) is 4.04. The summed E-state index contributed by atoms with van der Waals surface area (Å²) < 4.78 is 18.7. The van der Waals surface area contributed by atoms with Gasteiger partial charge in [0, 0.05) is 24.2 Å². The molecule has 3 aliphatic rings. The summed E-state index contributed by atoms with van der Waals surface area (Å²) in [6.07, 6.45) is 4.37. The van der Waals surface area contributed by atoms with E-state index in [4.69, 9.17) is 16.3 Å². The summed E-state index contributed by atoms with van der Waals surface area (Å²) in [4.78, 5) is 33.2. The largest absolute Gasteiger partial charge is 0.484 e. The Bertz CT molecular complexity index is 991. The third kappa shape index (κ3) is 3.83. The van der Waals surface area contributed by atoms with Gasteiger partial charge in [-0.15, -0.1) is 0 Å². The Morgan fingerprint density at radius 1 is 1.28 bits per heavy atom. The fourth-order valence-electron chi connectivity index (χ4n) is 4.66. The van der Waals surface area contributed by atoms with Crippen molar-refractivity contribution >= 4 is 23.3 Å². The van der Waals surface area contributed by atoms with Gasteiger partial charge < -0.3 is 10.1 Å². The lowest BCUT2D eigenvalue weighted by molar-refractivity contribution is -0.164. The van der Waals surface area contributed by atoms with Gasteiger partial charge in [-0.3, -0.25) is 9.59 Å². The Hall–Kier alpha value is -2.54. The van der Waals surface area contributed by atoms with Crippen LogP contribution in [0.4, 0.5) is 4.39 Å². The molecule has 0 spiro atoms. The number of benzene rings is 1. The maximum absolute atomic E-state index is 13.4. The minimum atomic E-state index is -0.593. The first-order valence-electron chi connectivity index (χ1n) is 9.42. The molecule has 6 nitrogen and oxygen atoms in total. The van der Waals surface area contributed by atoms with E-state index in [2.05, 4.69) is 15.3 Å². The third-order valence-electron chi connectivity index (χ3n) is 5.74. The second kappa shape index (κ2) is 7.06. The number of rotatable bonds is 7. The van der Waals surface area contributed by atoms with E-state index in [0.29, 0.717) is 23.5 Å². The zero-order valence-electron chi connectivity index (χ0n) is 16.2. The number of hydrogen-bond donors (Lipinski definition) is 1. The van der Waals surface area contributed by atoms with Gasteiger partial charge >= 0.3 is 0 Å². The van der Waals surface area contributed by atoms with Gasteiger partial charge in [-0.2, -0.15) is 0 Å². The lowest BCUT2D eigenvalue weighted by atomic mass is 9.38. The van der Waals surface area contributed by atoms with E-state index in [9.17, 15) is 14.0 Å². The number of aromatic nitrogens is 2. The number of nitrogens with zero attached hydrogens (tertiary/aromatic N) is 2. The highest BCUT2D eigenvalue weighted by Gasteiger charge is 2.68. The molecule has 0 radical (unpaired) electrons. The van der Waals surface area contributed by atoms with Gasteiger partial charge in [0.15, 0.2) is 12.4 Å². The number of Topliss-reactive ketones (excluding diaryl/α,β-unsaturated/α-hetero) is 1. The van der Waals surface area contributed by atoms with Gasteiger partial charge in [0.1, 0.15) is 17.4 Å². The topological polar surface area (TPSA) is 81.2 Å². The summed E-state index contributed by atoms with van der Waals surface area (Å²) >= 11 is 5.63. The highest BCUT2D eigenvalue weighted by molar-refractivity contribution is 6.30. The molecule has 1 N–H and O–H groups in total.